The lowest BCUT2D eigenvalue weighted by Gasteiger charge is -2.16. The molecule has 3 atom stereocenters. The number of aromatic amines is 1. The summed E-state index contributed by atoms with van der Waals surface area (Å²) >= 11 is 0. The monoisotopic (exact) mass is 400 g/mol. The van der Waals surface area contributed by atoms with Gasteiger partial charge in [-0.25, -0.2) is 4.79 Å². The second-order valence-corrected chi connectivity index (χ2v) is 7.58. The van der Waals surface area contributed by atoms with Crippen LogP contribution in [0.3, 0.4) is 0 Å². The molecule has 0 radical (unpaired) electrons. The summed E-state index contributed by atoms with van der Waals surface area (Å²) in [6.07, 6.45) is 6.21. The van der Waals surface area contributed by atoms with Gasteiger partial charge in [-0.1, -0.05) is 6.92 Å². The Bertz CT molecular complexity index is 852. The van der Waals surface area contributed by atoms with Crippen LogP contribution in [0, 0.1) is 6.92 Å². The van der Waals surface area contributed by atoms with E-state index in [-0.39, 0.29) is 36.5 Å². The quantitative estimate of drug-likeness (QED) is 0.657. The molecule has 2 aromatic heterocycles. The number of anilines is 1. The van der Waals surface area contributed by atoms with Gasteiger partial charge in [-0.3, -0.25) is 19.9 Å². The van der Waals surface area contributed by atoms with Crippen molar-refractivity contribution in [2.24, 2.45) is 0 Å². The molecule has 2 aromatic rings. The van der Waals surface area contributed by atoms with Crippen molar-refractivity contribution in [1.29, 1.82) is 0 Å². The molecule has 156 valence electrons. The van der Waals surface area contributed by atoms with Crippen LogP contribution in [0.2, 0.25) is 0 Å². The second-order valence-electron chi connectivity index (χ2n) is 7.58. The Labute approximate surface area is 170 Å². The SMILES string of the molecule is CC[C@H](C)NC(=O)O[C@@H]1CC[C@H](c2cc(NC(=O)Cc3cncc(C)n3)n[nH]2)C1. The average molecular weight is 400 g/mol. The predicted octanol–water partition coefficient (Wildman–Crippen LogP) is 2.85. The first-order valence-corrected chi connectivity index (χ1v) is 10.0. The standard InChI is InChI=1S/C20H28N6O3/c1-4-12(2)23-20(28)29-16-6-5-14(7-16)17-9-18(26-25-17)24-19(27)8-15-11-21-10-13(3)22-15/h9-12,14,16H,4-8H2,1-3H3,(H,23,28)(H2,24,25,26,27)/t12-,14-,16+/m0/s1. The third-order valence-corrected chi connectivity index (χ3v) is 5.09. The summed E-state index contributed by atoms with van der Waals surface area (Å²) in [7, 11) is 0. The van der Waals surface area contributed by atoms with Crippen LogP contribution in [0.25, 0.3) is 0 Å². The van der Waals surface area contributed by atoms with Gasteiger partial charge in [0, 0.05) is 36.1 Å². The lowest BCUT2D eigenvalue weighted by molar-refractivity contribution is -0.115. The molecule has 3 rings (SSSR count). The fraction of sp³-hybridized carbons (Fsp3) is 0.550. The number of nitrogens with zero attached hydrogens (tertiary/aromatic N) is 3. The molecular formula is C20H28N6O3. The number of nitrogens with one attached hydrogen (secondary N) is 3. The molecule has 29 heavy (non-hydrogen) atoms. The molecule has 0 aliphatic heterocycles. The molecule has 2 heterocycles. The van der Waals surface area contributed by atoms with Crippen molar-refractivity contribution in [2.45, 2.75) is 70.9 Å². The highest BCUT2D eigenvalue weighted by molar-refractivity contribution is 5.91. The second kappa shape index (κ2) is 9.49. The van der Waals surface area contributed by atoms with Crippen LogP contribution in [0.15, 0.2) is 18.5 Å². The number of ether oxygens (including phenoxy) is 1. The molecule has 1 aliphatic rings. The number of hydrogen-bond acceptors (Lipinski definition) is 6. The lowest BCUT2D eigenvalue weighted by Crippen LogP contribution is -2.34. The molecule has 0 unspecified atom stereocenters. The number of amides is 2. The zero-order valence-corrected chi connectivity index (χ0v) is 17.1. The summed E-state index contributed by atoms with van der Waals surface area (Å²) < 4.78 is 5.52. The van der Waals surface area contributed by atoms with Crippen molar-refractivity contribution in [2.75, 3.05) is 5.32 Å². The number of H-pyrrole nitrogens is 1. The van der Waals surface area contributed by atoms with Crippen LogP contribution in [0.5, 0.6) is 0 Å². The molecule has 0 aromatic carbocycles. The number of alkyl carbamates (subject to hydrolysis) is 1. The van der Waals surface area contributed by atoms with Crippen molar-refractivity contribution in [3.05, 3.63) is 35.5 Å². The van der Waals surface area contributed by atoms with Crippen molar-refractivity contribution >= 4 is 17.8 Å². The van der Waals surface area contributed by atoms with E-state index in [9.17, 15) is 9.59 Å². The van der Waals surface area contributed by atoms with Crippen molar-refractivity contribution in [1.82, 2.24) is 25.5 Å². The van der Waals surface area contributed by atoms with Crippen LogP contribution in [-0.4, -0.2) is 44.3 Å². The topological polar surface area (TPSA) is 122 Å². The molecule has 0 spiro atoms. The average Bonchev–Trinajstić information content (AvgIpc) is 3.30. The Morgan fingerprint density at radius 3 is 2.93 bits per heavy atom. The molecule has 0 saturated heterocycles. The minimum absolute atomic E-state index is 0.101. The van der Waals surface area contributed by atoms with Crippen LogP contribution < -0.4 is 10.6 Å². The van der Waals surface area contributed by atoms with Gasteiger partial charge in [0.05, 0.1) is 17.8 Å². The number of carbonyl (C=O) groups is 2. The van der Waals surface area contributed by atoms with Gasteiger partial charge in [-0.05, 0) is 39.5 Å². The first-order chi connectivity index (χ1) is 13.9. The maximum Gasteiger partial charge on any atom is 0.407 e. The first kappa shape index (κ1) is 20.8. The van der Waals surface area contributed by atoms with Gasteiger partial charge in [-0.2, -0.15) is 5.10 Å². The fourth-order valence-corrected chi connectivity index (χ4v) is 3.38. The largest absolute Gasteiger partial charge is 0.446 e. The third-order valence-electron chi connectivity index (χ3n) is 5.09. The normalized spacial score (nSPS) is 19.6. The van der Waals surface area contributed by atoms with Crippen molar-refractivity contribution < 1.29 is 14.3 Å². The van der Waals surface area contributed by atoms with Crippen LogP contribution in [0.4, 0.5) is 10.6 Å². The van der Waals surface area contributed by atoms with Crippen molar-refractivity contribution in [3.63, 3.8) is 0 Å². The highest BCUT2D eigenvalue weighted by Crippen LogP contribution is 2.35. The van der Waals surface area contributed by atoms with E-state index in [2.05, 4.69) is 30.8 Å². The van der Waals surface area contributed by atoms with Crippen molar-refractivity contribution in [3.8, 4) is 0 Å². The zero-order chi connectivity index (χ0) is 20.8. The zero-order valence-electron chi connectivity index (χ0n) is 17.1. The van der Waals surface area contributed by atoms with E-state index < -0.39 is 0 Å². The maximum atomic E-state index is 12.2. The highest BCUT2D eigenvalue weighted by atomic mass is 16.6. The lowest BCUT2D eigenvalue weighted by atomic mass is 10.0. The van der Waals surface area contributed by atoms with E-state index in [1.54, 1.807) is 12.4 Å². The first-order valence-electron chi connectivity index (χ1n) is 10.0. The summed E-state index contributed by atoms with van der Waals surface area (Å²) in [5.41, 5.74) is 2.32. The highest BCUT2D eigenvalue weighted by Gasteiger charge is 2.30. The molecule has 1 saturated carbocycles. The molecule has 1 aliphatic carbocycles. The summed E-state index contributed by atoms with van der Waals surface area (Å²) in [5.74, 6) is 0.499. The van der Waals surface area contributed by atoms with Gasteiger partial charge in [-0.15, -0.1) is 0 Å². The predicted molar refractivity (Wildman–Crippen MR) is 107 cm³/mol. The number of rotatable bonds is 7. The minimum Gasteiger partial charge on any atom is -0.446 e. The van der Waals surface area contributed by atoms with Gasteiger partial charge in [0.15, 0.2) is 5.82 Å². The Kier molecular flexibility index (Phi) is 6.79. The van der Waals surface area contributed by atoms with Crippen LogP contribution in [-0.2, 0) is 16.0 Å². The van der Waals surface area contributed by atoms with E-state index in [0.29, 0.717) is 11.5 Å². The molecule has 3 N–H and O–H groups in total. The van der Waals surface area contributed by atoms with E-state index in [0.717, 1.165) is 37.1 Å². The Hall–Kier alpha value is -2.97. The summed E-state index contributed by atoms with van der Waals surface area (Å²) in [6, 6.07) is 1.94. The van der Waals surface area contributed by atoms with Gasteiger partial charge in [0.1, 0.15) is 6.10 Å². The summed E-state index contributed by atoms with van der Waals surface area (Å²) in [4.78, 5) is 32.4. The molecule has 1 fully saturated rings. The smallest absolute Gasteiger partial charge is 0.407 e. The van der Waals surface area contributed by atoms with Gasteiger partial charge < -0.3 is 15.4 Å². The minimum atomic E-state index is -0.359. The summed E-state index contributed by atoms with van der Waals surface area (Å²) in [6.45, 7) is 5.80. The fourth-order valence-electron chi connectivity index (χ4n) is 3.38. The molecule has 0 bridgehead atoms. The van der Waals surface area contributed by atoms with Crippen LogP contribution in [0.1, 0.15) is 62.5 Å². The van der Waals surface area contributed by atoms with Gasteiger partial charge in [0.25, 0.3) is 0 Å². The van der Waals surface area contributed by atoms with E-state index in [1.807, 2.05) is 26.8 Å². The molecule has 2 amide bonds. The number of carbonyl (C=O) groups excluding carboxylic acids is 2. The number of hydrogen-bond donors (Lipinski definition) is 3. The van der Waals surface area contributed by atoms with Gasteiger partial charge >= 0.3 is 6.09 Å². The Morgan fingerprint density at radius 1 is 1.34 bits per heavy atom. The van der Waals surface area contributed by atoms with E-state index in [1.165, 1.54) is 0 Å². The Morgan fingerprint density at radius 2 is 2.17 bits per heavy atom. The summed E-state index contributed by atoms with van der Waals surface area (Å²) in [5, 5.41) is 12.8. The number of aromatic nitrogens is 4. The number of aryl methyl sites for hydroxylation is 1. The maximum absolute atomic E-state index is 12.2. The Balaban J connectivity index is 1.48. The molecule has 9 nitrogen and oxygen atoms in total. The third kappa shape index (κ3) is 6.00. The van der Waals surface area contributed by atoms with E-state index >= 15 is 0 Å². The van der Waals surface area contributed by atoms with Crippen LogP contribution >= 0.6 is 0 Å². The molecule has 9 heteroatoms. The molecular weight excluding hydrogens is 372 g/mol. The van der Waals surface area contributed by atoms with Gasteiger partial charge in [0.2, 0.25) is 5.91 Å². The van der Waals surface area contributed by atoms with E-state index in [4.69, 9.17) is 4.74 Å².